The Kier molecular flexibility index (Phi) is 7.56. The largest absolute Gasteiger partial charge is 0.508 e. The lowest BCUT2D eigenvalue weighted by Crippen LogP contribution is -2.35. The lowest BCUT2D eigenvalue weighted by molar-refractivity contribution is -0.168. The molecule has 0 spiro atoms. The van der Waals surface area contributed by atoms with Crippen molar-refractivity contribution in [2.45, 2.75) is 65.6 Å². The molecule has 1 rings (SSSR count). The molecule has 0 radical (unpaired) electrons. The number of phenolic OH excluding ortho intramolecular Hbond substituents is 1. The van der Waals surface area contributed by atoms with Crippen LogP contribution in [-0.4, -0.2) is 29.4 Å². The zero-order chi connectivity index (χ0) is 17.5. The van der Waals surface area contributed by atoms with E-state index >= 15 is 0 Å². The molecule has 1 atom stereocenters. The van der Waals surface area contributed by atoms with Gasteiger partial charge in [0.05, 0.1) is 0 Å². The first-order valence-electron chi connectivity index (χ1n) is 8.30. The van der Waals surface area contributed by atoms with Crippen LogP contribution >= 0.6 is 0 Å². The third-order valence-corrected chi connectivity index (χ3v) is 3.25. The molecule has 0 heterocycles. The molecule has 0 bridgehead atoms. The summed E-state index contributed by atoms with van der Waals surface area (Å²) in [6.07, 6.45) is 1.72. The molecule has 1 unspecified atom stereocenters. The molecule has 0 aromatic heterocycles. The normalized spacial score (nSPS) is 13.1. The highest BCUT2D eigenvalue weighted by atomic mass is 16.6. The van der Waals surface area contributed by atoms with Gasteiger partial charge in [-0.05, 0) is 57.2 Å². The summed E-state index contributed by atoms with van der Waals surface area (Å²) in [6.45, 7) is 10.4. The van der Waals surface area contributed by atoms with Crippen LogP contribution in [0.2, 0.25) is 0 Å². The lowest BCUT2D eigenvalue weighted by atomic mass is 10.1. The summed E-state index contributed by atoms with van der Waals surface area (Å²) >= 11 is 0. The Morgan fingerprint density at radius 3 is 2.52 bits per heavy atom. The Hall–Kier alpha value is -1.55. The number of rotatable bonds is 8. The number of benzene rings is 1. The summed E-state index contributed by atoms with van der Waals surface area (Å²) in [5.41, 5.74) is 0.305. The van der Waals surface area contributed by atoms with Crippen LogP contribution in [-0.2, 0) is 20.7 Å². The second-order valence-electron chi connectivity index (χ2n) is 7.30. The molecule has 1 aromatic carbocycles. The molecular weight excluding hydrogens is 292 g/mol. The molecule has 4 heteroatoms. The van der Waals surface area contributed by atoms with Crippen LogP contribution < -0.4 is 0 Å². The van der Waals surface area contributed by atoms with Crippen LogP contribution in [0.4, 0.5) is 0 Å². The Balaban J connectivity index is 2.69. The first-order chi connectivity index (χ1) is 10.7. The SMILES string of the molecule is CC(C)CCCOC(Cc1cccc(O)c1)C(=O)OC(C)(C)C. The Labute approximate surface area is 139 Å². The minimum Gasteiger partial charge on any atom is -0.508 e. The molecule has 0 amide bonds. The second kappa shape index (κ2) is 8.92. The van der Waals surface area contributed by atoms with E-state index in [4.69, 9.17) is 9.47 Å². The van der Waals surface area contributed by atoms with Gasteiger partial charge in [-0.25, -0.2) is 4.79 Å². The second-order valence-corrected chi connectivity index (χ2v) is 7.30. The Morgan fingerprint density at radius 2 is 1.96 bits per heavy atom. The van der Waals surface area contributed by atoms with Crippen molar-refractivity contribution in [1.29, 1.82) is 0 Å². The van der Waals surface area contributed by atoms with Crippen molar-refractivity contribution >= 4 is 5.97 Å². The molecule has 0 aliphatic carbocycles. The fraction of sp³-hybridized carbons (Fsp3) is 0.632. The number of ether oxygens (including phenoxy) is 2. The van der Waals surface area contributed by atoms with Gasteiger partial charge in [-0.1, -0.05) is 26.0 Å². The van der Waals surface area contributed by atoms with Crippen LogP contribution in [0, 0.1) is 5.92 Å². The van der Waals surface area contributed by atoms with Gasteiger partial charge in [-0.2, -0.15) is 0 Å². The first-order valence-corrected chi connectivity index (χ1v) is 8.30. The van der Waals surface area contributed by atoms with E-state index in [1.54, 1.807) is 18.2 Å². The standard InChI is InChI=1S/C19H30O4/c1-14(2)8-7-11-22-17(18(21)23-19(3,4)5)13-15-9-6-10-16(20)12-15/h6,9-10,12,14,17,20H,7-8,11,13H2,1-5H3. The van der Waals surface area contributed by atoms with Gasteiger partial charge in [0.25, 0.3) is 0 Å². The lowest BCUT2D eigenvalue weighted by Gasteiger charge is -2.24. The smallest absolute Gasteiger partial charge is 0.336 e. The van der Waals surface area contributed by atoms with Gasteiger partial charge in [0.2, 0.25) is 0 Å². The van der Waals surface area contributed by atoms with E-state index < -0.39 is 11.7 Å². The number of hydrogen-bond acceptors (Lipinski definition) is 4. The highest BCUT2D eigenvalue weighted by Crippen LogP contribution is 2.17. The fourth-order valence-electron chi connectivity index (χ4n) is 2.19. The first kappa shape index (κ1) is 19.5. The monoisotopic (exact) mass is 322 g/mol. The highest BCUT2D eigenvalue weighted by molar-refractivity contribution is 5.75. The van der Waals surface area contributed by atoms with Crippen molar-refractivity contribution in [2.75, 3.05) is 6.61 Å². The molecular formula is C19H30O4. The average molecular weight is 322 g/mol. The molecule has 1 aromatic rings. The van der Waals surface area contributed by atoms with Crippen LogP contribution in [0.5, 0.6) is 5.75 Å². The summed E-state index contributed by atoms with van der Waals surface area (Å²) < 4.78 is 11.2. The van der Waals surface area contributed by atoms with Crippen molar-refractivity contribution in [2.24, 2.45) is 5.92 Å². The number of carbonyl (C=O) groups is 1. The van der Waals surface area contributed by atoms with Crippen molar-refractivity contribution < 1.29 is 19.4 Å². The maximum atomic E-state index is 12.4. The predicted molar refractivity (Wildman–Crippen MR) is 91.5 cm³/mol. The number of carbonyl (C=O) groups excluding carboxylic acids is 1. The average Bonchev–Trinajstić information content (AvgIpc) is 2.40. The maximum Gasteiger partial charge on any atom is 0.336 e. The summed E-state index contributed by atoms with van der Waals surface area (Å²) in [4.78, 5) is 12.4. The zero-order valence-electron chi connectivity index (χ0n) is 15.0. The van der Waals surface area contributed by atoms with Crippen LogP contribution in [0.15, 0.2) is 24.3 Å². The molecule has 130 valence electrons. The summed E-state index contributed by atoms with van der Waals surface area (Å²) in [6, 6.07) is 6.88. The predicted octanol–water partition coefficient (Wildman–Crippen LogP) is 4.10. The van der Waals surface area contributed by atoms with Gasteiger partial charge in [-0.15, -0.1) is 0 Å². The van der Waals surface area contributed by atoms with E-state index in [-0.39, 0.29) is 11.7 Å². The minimum atomic E-state index is -0.650. The van der Waals surface area contributed by atoms with Crippen molar-refractivity contribution in [1.82, 2.24) is 0 Å². The van der Waals surface area contributed by atoms with Crippen molar-refractivity contribution in [3.8, 4) is 5.75 Å². The number of hydrogen-bond donors (Lipinski definition) is 1. The van der Waals surface area contributed by atoms with Gasteiger partial charge in [-0.3, -0.25) is 0 Å². The summed E-state index contributed by atoms with van der Waals surface area (Å²) in [7, 11) is 0. The summed E-state index contributed by atoms with van der Waals surface area (Å²) in [5, 5.41) is 9.57. The van der Waals surface area contributed by atoms with Crippen LogP contribution in [0.1, 0.15) is 53.0 Å². The molecule has 0 aliphatic heterocycles. The third-order valence-electron chi connectivity index (χ3n) is 3.25. The van der Waals surface area contributed by atoms with Gasteiger partial charge < -0.3 is 14.6 Å². The van der Waals surface area contributed by atoms with E-state index in [1.807, 2.05) is 26.8 Å². The quantitative estimate of drug-likeness (QED) is 0.578. The number of esters is 1. The van der Waals surface area contributed by atoms with E-state index in [0.29, 0.717) is 18.9 Å². The zero-order valence-corrected chi connectivity index (χ0v) is 15.0. The van der Waals surface area contributed by atoms with E-state index in [9.17, 15) is 9.90 Å². The highest BCUT2D eigenvalue weighted by Gasteiger charge is 2.26. The summed E-state index contributed by atoms with van der Waals surface area (Å²) in [5.74, 6) is 0.445. The van der Waals surface area contributed by atoms with E-state index in [0.717, 1.165) is 18.4 Å². The van der Waals surface area contributed by atoms with Crippen molar-refractivity contribution in [3.05, 3.63) is 29.8 Å². The van der Waals surface area contributed by atoms with Gasteiger partial charge in [0.1, 0.15) is 11.4 Å². The third kappa shape index (κ3) is 8.60. The molecule has 0 saturated heterocycles. The Bertz CT molecular complexity index is 488. The number of aromatic hydroxyl groups is 1. The van der Waals surface area contributed by atoms with Crippen LogP contribution in [0.25, 0.3) is 0 Å². The molecule has 1 N–H and O–H groups in total. The van der Waals surface area contributed by atoms with E-state index in [1.165, 1.54) is 0 Å². The molecule has 0 saturated carbocycles. The fourth-order valence-corrected chi connectivity index (χ4v) is 2.19. The van der Waals surface area contributed by atoms with E-state index in [2.05, 4.69) is 13.8 Å². The maximum absolute atomic E-state index is 12.4. The van der Waals surface area contributed by atoms with Crippen LogP contribution in [0.3, 0.4) is 0 Å². The van der Waals surface area contributed by atoms with Gasteiger partial charge in [0, 0.05) is 13.0 Å². The van der Waals surface area contributed by atoms with Crippen molar-refractivity contribution in [3.63, 3.8) is 0 Å². The van der Waals surface area contributed by atoms with Gasteiger partial charge in [0.15, 0.2) is 6.10 Å². The Morgan fingerprint density at radius 1 is 1.26 bits per heavy atom. The van der Waals surface area contributed by atoms with Gasteiger partial charge >= 0.3 is 5.97 Å². The topological polar surface area (TPSA) is 55.8 Å². The molecule has 0 fully saturated rings. The number of phenols is 1. The molecule has 23 heavy (non-hydrogen) atoms. The molecule has 4 nitrogen and oxygen atoms in total. The molecule has 0 aliphatic rings. The minimum absolute atomic E-state index is 0.185.